The zero-order chi connectivity index (χ0) is 19.0. The van der Waals surface area contributed by atoms with Crippen LogP contribution in [0.25, 0.3) is 0 Å². The van der Waals surface area contributed by atoms with Gasteiger partial charge in [0.15, 0.2) is 5.82 Å². The summed E-state index contributed by atoms with van der Waals surface area (Å²) in [5, 5.41) is 2.36. The van der Waals surface area contributed by atoms with E-state index in [-0.39, 0.29) is 30.0 Å². The van der Waals surface area contributed by atoms with Crippen LogP contribution in [0.4, 0.5) is 34.5 Å². The first kappa shape index (κ1) is 17.7. The molecule has 1 saturated heterocycles. The number of fused-ring (bicyclic) bond motifs is 1. The number of hydrogen-bond donors (Lipinski definition) is 1. The predicted molar refractivity (Wildman–Crippen MR) is 83.0 cm³/mol. The number of halogens is 2. The predicted octanol–water partition coefficient (Wildman–Crippen LogP) is 1.73. The Bertz CT molecular complexity index is 787. The molecule has 1 aromatic carbocycles. The lowest BCUT2D eigenvalue weighted by Crippen LogP contribution is -2.35. The summed E-state index contributed by atoms with van der Waals surface area (Å²) in [6, 6.07) is 0.820. The SMILES string of the molecule is COC(=O)NC[C@H]1CN(c2cc(F)c3c(c2F)COC(=O)N3C)C(=O)O1. The molecule has 0 saturated carbocycles. The Morgan fingerprint density at radius 3 is 2.81 bits per heavy atom. The summed E-state index contributed by atoms with van der Waals surface area (Å²) < 4.78 is 43.5. The minimum absolute atomic E-state index is 0.0513. The third-order valence-corrected chi connectivity index (χ3v) is 4.04. The number of nitrogens with one attached hydrogen (secondary N) is 1. The van der Waals surface area contributed by atoms with Crippen LogP contribution in [0.3, 0.4) is 0 Å². The Morgan fingerprint density at radius 1 is 1.38 bits per heavy atom. The highest BCUT2D eigenvalue weighted by Crippen LogP contribution is 2.37. The van der Waals surface area contributed by atoms with Crippen molar-refractivity contribution in [3.63, 3.8) is 0 Å². The fraction of sp³-hybridized carbons (Fsp3) is 0.400. The number of ether oxygens (including phenoxy) is 3. The highest BCUT2D eigenvalue weighted by atomic mass is 19.1. The number of carbonyl (C=O) groups is 3. The quantitative estimate of drug-likeness (QED) is 0.813. The number of alkyl carbamates (subject to hydrolysis) is 1. The number of hydrogen-bond acceptors (Lipinski definition) is 6. The molecule has 0 spiro atoms. The van der Waals surface area contributed by atoms with Gasteiger partial charge in [0.05, 0.1) is 37.1 Å². The molecule has 0 aliphatic carbocycles. The monoisotopic (exact) mass is 371 g/mol. The van der Waals surface area contributed by atoms with E-state index in [4.69, 9.17) is 9.47 Å². The number of methoxy groups -OCH3 is 1. The molecule has 2 heterocycles. The van der Waals surface area contributed by atoms with E-state index in [0.717, 1.165) is 15.9 Å². The first-order valence-electron chi connectivity index (χ1n) is 7.54. The molecule has 140 valence electrons. The first-order valence-corrected chi connectivity index (χ1v) is 7.54. The summed E-state index contributed by atoms with van der Waals surface area (Å²) in [7, 11) is 2.43. The highest BCUT2D eigenvalue weighted by molar-refractivity contribution is 5.93. The van der Waals surface area contributed by atoms with Crippen LogP contribution in [0.1, 0.15) is 5.56 Å². The van der Waals surface area contributed by atoms with Crippen molar-refractivity contribution in [1.29, 1.82) is 0 Å². The topological polar surface area (TPSA) is 97.4 Å². The molecule has 0 aromatic heterocycles. The molecule has 26 heavy (non-hydrogen) atoms. The molecule has 2 aliphatic heterocycles. The summed E-state index contributed by atoms with van der Waals surface area (Å²) in [5.74, 6) is -1.77. The molecule has 3 amide bonds. The van der Waals surface area contributed by atoms with E-state index >= 15 is 0 Å². The van der Waals surface area contributed by atoms with Gasteiger partial charge in [0.2, 0.25) is 0 Å². The third-order valence-electron chi connectivity index (χ3n) is 4.04. The van der Waals surface area contributed by atoms with Gasteiger partial charge in [-0.15, -0.1) is 0 Å². The summed E-state index contributed by atoms with van der Waals surface area (Å²) in [5.41, 5.74) is -0.747. The average molecular weight is 371 g/mol. The van der Waals surface area contributed by atoms with Crippen molar-refractivity contribution in [2.24, 2.45) is 0 Å². The molecule has 0 bridgehead atoms. The van der Waals surface area contributed by atoms with Gasteiger partial charge in [0.1, 0.15) is 18.5 Å². The summed E-state index contributed by atoms with van der Waals surface area (Å²) >= 11 is 0. The van der Waals surface area contributed by atoms with Crippen molar-refractivity contribution in [2.75, 3.05) is 37.0 Å². The normalized spacial score (nSPS) is 19.0. The second kappa shape index (κ2) is 6.65. The molecule has 11 heteroatoms. The molecule has 2 aliphatic rings. The molecule has 0 radical (unpaired) electrons. The Kier molecular flexibility index (Phi) is 4.53. The number of benzene rings is 1. The van der Waals surface area contributed by atoms with Crippen molar-refractivity contribution in [3.05, 3.63) is 23.3 Å². The molecular weight excluding hydrogens is 356 g/mol. The number of amides is 3. The average Bonchev–Trinajstić information content (AvgIpc) is 2.98. The maximum atomic E-state index is 14.8. The van der Waals surface area contributed by atoms with Crippen LogP contribution < -0.4 is 15.1 Å². The lowest BCUT2D eigenvalue weighted by atomic mass is 10.1. The number of anilines is 2. The number of rotatable bonds is 3. The summed E-state index contributed by atoms with van der Waals surface area (Å²) in [6.07, 6.45) is -3.17. The molecule has 1 aromatic rings. The van der Waals surface area contributed by atoms with Crippen molar-refractivity contribution < 1.29 is 37.4 Å². The number of nitrogens with zero attached hydrogens (tertiary/aromatic N) is 2. The lowest BCUT2D eigenvalue weighted by molar-refractivity contribution is 0.132. The molecule has 3 rings (SSSR count). The molecule has 0 unspecified atom stereocenters. The van der Waals surface area contributed by atoms with Gasteiger partial charge in [0.25, 0.3) is 0 Å². The molecule has 1 fully saturated rings. The maximum Gasteiger partial charge on any atom is 0.414 e. The van der Waals surface area contributed by atoms with E-state index in [1.807, 2.05) is 0 Å². The first-order chi connectivity index (χ1) is 12.3. The van der Waals surface area contributed by atoms with Crippen LogP contribution in [-0.2, 0) is 20.8 Å². The lowest BCUT2D eigenvalue weighted by Gasteiger charge is -2.28. The van der Waals surface area contributed by atoms with Gasteiger partial charge in [0, 0.05) is 13.1 Å². The third kappa shape index (κ3) is 2.95. The van der Waals surface area contributed by atoms with Crippen LogP contribution >= 0.6 is 0 Å². The second-order valence-corrected chi connectivity index (χ2v) is 5.62. The van der Waals surface area contributed by atoms with Crippen LogP contribution in [-0.4, -0.2) is 51.6 Å². The van der Waals surface area contributed by atoms with Crippen LogP contribution in [0.15, 0.2) is 6.07 Å². The van der Waals surface area contributed by atoms with E-state index < -0.39 is 42.6 Å². The molecular formula is C15H15F2N3O6. The summed E-state index contributed by atoms with van der Waals surface area (Å²) in [4.78, 5) is 36.4. The van der Waals surface area contributed by atoms with Crippen LogP contribution in [0.2, 0.25) is 0 Å². The van der Waals surface area contributed by atoms with Crippen molar-refractivity contribution >= 4 is 29.7 Å². The number of cyclic esters (lactones) is 2. The van der Waals surface area contributed by atoms with Gasteiger partial charge >= 0.3 is 18.3 Å². The van der Waals surface area contributed by atoms with Crippen LogP contribution in [0, 0.1) is 11.6 Å². The largest absolute Gasteiger partial charge is 0.453 e. The fourth-order valence-corrected chi connectivity index (χ4v) is 2.76. The highest BCUT2D eigenvalue weighted by Gasteiger charge is 2.37. The van der Waals surface area contributed by atoms with E-state index in [2.05, 4.69) is 10.1 Å². The number of carbonyl (C=O) groups excluding carboxylic acids is 3. The van der Waals surface area contributed by atoms with Gasteiger partial charge in [-0.05, 0) is 0 Å². The Hall–Kier alpha value is -3.11. The van der Waals surface area contributed by atoms with E-state index in [9.17, 15) is 23.2 Å². The zero-order valence-corrected chi connectivity index (χ0v) is 13.9. The van der Waals surface area contributed by atoms with Crippen molar-refractivity contribution in [1.82, 2.24) is 5.32 Å². The molecule has 1 atom stereocenters. The van der Waals surface area contributed by atoms with Gasteiger partial charge < -0.3 is 19.5 Å². The zero-order valence-electron chi connectivity index (χ0n) is 13.9. The Morgan fingerprint density at radius 2 is 2.12 bits per heavy atom. The van der Waals surface area contributed by atoms with Crippen molar-refractivity contribution in [3.8, 4) is 0 Å². The minimum Gasteiger partial charge on any atom is -0.453 e. The van der Waals surface area contributed by atoms with Gasteiger partial charge in [-0.3, -0.25) is 9.80 Å². The Balaban J connectivity index is 1.86. The smallest absolute Gasteiger partial charge is 0.414 e. The minimum atomic E-state index is -0.890. The molecule has 1 N–H and O–H groups in total. The summed E-state index contributed by atoms with van der Waals surface area (Å²) in [6.45, 7) is -0.608. The van der Waals surface area contributed by atoms with Gasteiger partial charge in [-0.2, -0.15) is 0 Å². The van der Waals surface area contributed by atoms with E-state index in [0.29, 0.717) is 0 Å². The van der Waals surface area contributed by atoms with E-state index in [1.54, 1.807) is 0 Å². The van der Waals surface area contributed by atoms with Gasteiger partial charge in [-0.1, -0.05) is 0 Å². The van der Waals surface area contributed by atoms with Crippen LogP contribution in [0.5, 0.6) is 0 Å². The van der Waals surface area contributed by atoms with E-state index in [1.165, 1.54) is 14.2 Å². The second-order valence-electron chi connectivity index (χ2n) is 5.62. The Labute approximate surface area is 146 Å². The van der Waals surface area contributed by atoms with Crippen molar-refractivity contribution in [2.45, 2.75) is 12.7 Å². The van der Waals surface area contributed by atoms with Gasteiger partial charge in [-0.25, -0.2) is 23.2 Å². The fourth-order valence-electron chi connectivity index (χ4n) is 2.76. The standard InChI is InChI=1S/C15H15F2N3O6/c1-19-12-8(6-25-14(19)22)11(17)10(3-9(12)16)20-5-7(26-15(20)23)4-18-13(21)24-2/h3,7H,4-6H2,1-2H3,(H,18,21)/t7-/m0/s1. The molecule has 9 nitrogen and oxygen atoms in total. The maximum absolute atomic E-state index is 14.8.